The number of hydrogen-bond acceptors (Lipinski definition) is 22. The molecular formula is C50H67F3N8O22. The summed E-state index contributed by atoms with van der Waals surface area (Å²) in [7, 11) is 1.20. The van der Waals surface area contributed by atoms with Crippen molar-refractivity contribution in [1.29, 1.82) is 0 Å². The summed E-state index contributed by atoms with van der Waals surface area (Å²) in [6, 6.07) is 3.41. The molecule has 2 heterocycles. The summed E-state index contributed by atoms with van der Waals surface area (Å²) < 4.78 is 85.6. The van der Waals surface area contributed by atoms with Crippen LogP contribution in [0.15, 0.2) is 60.4 Å². The topological polar surface area (TPSA) is 407 Å². The van der Waals surface area contributed by atoms with Crippen LogP contribution in [-0.4, -0.2) is 188 Å². The Bertz CT molecular complexity index is 2670. The maximum Gasteiger partial charge on any atom is 0.471 e. The number of nitro benzene ring substituents is 2. The van der Waals surface area contributed by atoms with Crippen LogP contribution in [0, 0.1) is 20.2 Å². The molecule has 6 amide bonds. The van der Waals surface area contributed by atoms with Crippen LogP contribution in [0.3, 0.4) is 0 Å². The third kappa shape index (κ3) is 19.5. The van der Waals surface area contributed by atoms with Crippen LogP contribution in [0.4, 0.5) is 43.7 Å². The largest absolute Gasteiger partial charge is 0.471 e. The highest BCUT2D eigenvalue weighted by molar-refractivity contribution is 5.82. The smallest absolute Gasteiger partial charge is 0.465 e. The number of carbonyl (C=O) groups excluding carboxylic acids is 6. The van der Waals surface area contributed by atoms with Crippen molar-refractivity contribution in [3.05, 3.63) is 91.7 Å². The first kappa shape index (κ1) is 66.1. The number of amides is 6. The van der Waals surface area contributed by atoms with Crippen molar-refractivity contribution >= 4 is 47.6 Å². The van der Waals surface area contributed by atoms with Crippen LogP contribution in [-0.2, 0) is 60.7 Å². The van der Waals surface area contributed by atoms with E-state index in [0.29, 0.717) is 5.56 Å². The molecule has 30 nitrogen and oxygen atoms in total. The van der Waals surface area contributed by atoms with Gasteiger partial charge in [-0.25, -0.2) is 19.2 Å². The highest BCUT2D eigenvalue weighted by atomic mass is 19.4. The van der Waals surface area contributed by atoms with Gasteiger partial charge in [-0.15, -0.1) is 0 Å². The van der Waals surface area contributed by atoms with Crippen LogP contribution in [0.2, 0.25) is 0 Å². The molecule has 2 aromatic carbocycles. The van der Waals surface area contributed by atoms with E-state index in [4.69, 9.17) is 37.9 Å². The number of alkyl halides is 3. The Morgan fingerprint density at radius 1 is 0.747 bits per heavy atom. The average Bonchev–Trinajstić information content (AvgIpc) is 2.53. The van der Waals surface area contributed by atoms with Crippen molar-refractivity contribution in [2.75, 3.05) is 26.7 Å². The Morgan fingerprint density at radius 3 is 1.73 bits per heavy atom. The molecule has 2 aliphatic heterocycles. The summed E-state index contributed by atoms with van der Waals surface area (Å²) >= 11 is 0. The molecule has 0 unspecified atom stereocenters. The van der Waals surface area contributed by atoms with Crippen molar-refractivity contribution in [1.82, 2.24) is 31.5 Å². The predicted octanol–water partition coefficient (Wildman–Crippen LogP) is 2.31. The van der Waals surface area contributed by atoms with Gasteiger partial charge in [0.1, 0.15) is 66.3 Å². The van der Waals surface area contributed by atoms with Gasteiger partial charge in [0.2, 0.25) is 6.29 Å². The van der Waals surface area contributed by atoms with Gasteiger partial charge in [0.25, 0.3) is 17.3 Å². The molecule has 12 atom stereocenters. The van der Waals surface area contributed by atoms with E-state index in [1.165, 1.54) is 44.3 Å². The van der Waals surface area contributed by atoms with Crippen molar-refractivity contribution < 1.29 is 110 Å². The van der Waals surface area contributed by atoms with E-state index in [0.717, 1.165) is 29.2 Å². The lowest BCUT2D eigenvalue weighted by Crippen LogP contribution is -2.71. The first-order chi connectivity index (χ1) is 38.5. The summed E-state index contributed by atoms with van der Waals surface area (Å²) in [6.07, 6.45) is -23.8. The third-order valence-corrected chi connectivity index (χ3v) is 12.4. The SMILES string of the molecule is CN(C(=O)OC(C)(C)C)[C@@H]1[C@@H](O)[C@@H](O[C@@H]2[C@@H](O)[C@H](O[C@H]3OC(CNC(=O)C(F)(F)F)=CC[C@H]3NC(=O)OCc3ccc([N+](=O)[O-])cc3)[C@@H](NC(=O)OCc3ccc([N+](=O)[O-])cc3)C[C@H]2NC(=O)[C@@H](O)CNC(=O)OC(C)(C)C)OC[C@]1(C)O. The van der Waals surface area contributed by atoms with E-state index >= 15 is 0 Å². The molecule has 1 saturated heterocycles. The number of halogens is 3. The molecule has 2 aromatic rings. The van der Waals surface area contributed by atoms with Gasteiger partial charge >= 0.3 is 36.5 Å². The van der Waals surface area contributed by atoms with E-state index in [2.05, 4.69) is 21.3 Å². The molecule has 2 fully saturated rings. The number of nitro groups is 2. The number of nitrogens with zero attached hydrogens (tertiary/aromatic N) is 3. The Kier molecular flexibility index (Phi) is 22.0. The fourth-order valence-electron chi connectivity index (χ4n) is 8.57. The molecular weight excluding hydrogens is 1120 g/mol. The van der Waals surface area contributed by atoms with Crippen molar-refractivity contribution in [2.45, 2.75) is 165 Å². The van der Waals surface area contributed by atoms with E-state index in [1.807, 2.05) is 0 Å². The van der Waals surface area contributed by atoms with Crippen LogP contribution in [0.5, 0.6) is 0 Å². The van der Waals surface area contributed by atoms with Crippen LogP contribution >= 0.6 is 0 Å². The van der Waals surface area contributed by atoms with E-state index < -0.39 is 176 Å². The molecule has 33 heteroatoms. The Morgan fingerprint density at radius 2 is 1.24 bits per heavy atom. The number of non-ortho nitro benzene ring substituents is 2. The van der Waals surface area contributed by atoms with Gasteiger partial charge in [-0.1, -0.05) is 0 Å². The first-order valence-electron chi connectivity index (χ1n) is 25.5. The van der Waals surface area contributed by atoms with Gasteiger partial charge < -0.3 is 89.8 Å². The number of nitrogens with one attached hydrogen (secondary N) is 5. The predicted molar refractivity (Wildman–Crippen MR) is 274 cm³/mol. The molecule has 3 aliphatic rings. The highest BCUT2D eigenvalue weighted by Crippen LogP contribution is 2.35. The zero-order chi connectivity index (χ0) is 61.9. The Hall–Kier alpha value is -7.69. The number of rotatable bonds is 19. The van der Waals surface area contributed by atoms with Gasteiger partial charge in [-0.05, 0) is 103 Å². The zero-order valence-corrected chi connectivity index (χ0v) is 46.1. The van der Waals surface area contributed by atoms with Gasteiger partial charge in [0.15, 0.2) is 6.29 Å². The van der Waals surface area contributed by atoms with Gasteiger partial charge in [-0.2, -0.15) is 13.2 Å². The van der Waals surface area contributed by atoms with Crippen molar-refractivity contribution in [2.24, 2.45) is 0 Å². The molecule has 9 N–H and O–H groups in total. The van der Waals surface area contributed by atoms with E-state index in [-0.39, 0.29) is 29.1 Å². The lowest BCUT2D eigenvalue weighted by atomic mass is 9.82. The Balaban J connectivity index is 1.54. The Labute approximate surface area is 471 Å². The summed E-state index contributed by atoms with van der Waals surface area (Å²) in [5.74, 6) is -4.01. The van der Waals surface area contributed by atoms with Gasteiger partial charge in [0, 0.05) is 31.3 Å². The number of hydrogen-bond donors (Lipinski definition) is 9. The van der Waals surface area contributed by atoms with E-state index in [9.17, 15) is 82.6 Å². The molecule has 0 aromatic heterocycles. The lowest BCUT2D eigenvalue weighted by Gasteiger charge is -2.50. The minimum atomic E-state index is -5.34. The fourth-order valence-corrected chi connectivity index (χ4v) is 8.57. The molecule has 460 valence electrons. The standard InChI is InChI=1S/C50H67F3N8O22/c1-47(2,3)82-43(67)55-21-33(62)39(65)56-31-19-32(58-45(69)77-23-26-11-15-28(16-12-26)61(74)75)37(34(63)36(31)81-41-35(64)38(49(7,71)24-78-41)59(8)46(70)83-48(4,5)6)80-40-30(18-17-29(79-40)20-54-42(66)50(51,52)53)57-44(68)76-22-25-9-13-27(14-10-25)60(72)73/h9-17,30-38,40-41,62-64,71H,18-24H2,1-8H3,(H,54,66)(H,55,67)(H,56,65)(H,57,68)(H,58,69)/t30-,31-,32+,33+,34-,35-,36+,37-,38-,40-,41-,49+/m1/s1. The summed E-state index contributed by atoms with van der Waals surface area (Å²) in [4.78, 5) is 101. The number of aliphatic hydroxyl groups is 4. The molecule has 1 saturated carbocycles. The fraction of sp³-hybridized carbons (Fsp3) is 0.600. The summed E-state index contributed by atoms with van der Waals surface area (Å²) in [5, 5.41) is 80.8. The number of ether oxygens (including phenoxy) is 8. The zero-order valence-electron chi connectivity index (χ0n) is 46.1. The maximum atomic E-state index is 13.9. The molecule has 1 aliphatic carbocycles. The third-order valence-electron chi connectivity index (χ3n) is 12.4. The first-order valence-corrected chi connectivity index (χ1v) is 25.5. The highest BCUT2D eigenvalue weighted by Gasteiger charge is 2.55. The summed E-state index contributed by atoms with van der Waals surface area (Å²) in [6.45, 7) is 7.21. The lowest BCUT2D eigenvalue weighted by molar-refractivity contribution is -0.385. The number of benzene rings is 2. The number of carbonyl (C=O) groups is 6. The van der Waals surface area contributed by atoms with E-state index in [1.54, 1.807) is 46.9 Å². The van der Waals surface area contributed by atoms with Gasteiger partial charge in [0.05, 0.1) is 53.7 Å². The molecule has 0 bridgehead atoms. The van der Waals surface area contributed by atoms with Crippen molar-refractivity contribution in [3.63, 3.8) is 0 Å². The van der Waals surface area contributed by atoms with Gasteiger partial charge in [-0.3, -0.25) is 29.8 Å². The second-order valence-electron chi connectivity index (χ2n) is 21.6. The van der Waals surface area contributed by atoms with Crippen molar-refractivity contribution in [3.8, 4) is 0 Å². The summed E-state index contributed by atoms with van der Waals surface area (Å²) in [5.41, 5.74) is -4.11. The van der Waals surface area contributed by atoms with Crippen LogP contribution in [0.25, 0.3) is 0 Å². The second-order valence-corrected chi connectivity index (χ2v) is 21.6. The molecule has 0 radical (unpaired) electrons. The molecule has 5 rings (SSSR count). The van der Waals surface area contributed by atoms with Crippen LogP contribution < -0.4 is 26.6 Å². The monoisotopic (exact) mass is 1190 g/mol. The molecule has 0 spiro atoms. The molecule has 83 heavy (non-hydrogen) atoms. The number of likely N-dealkylation sites (N-methyl/N-ethyl adjacent to an activating group) is 1. The number of aliphatic hydroxyl groups excluding tert-OH is 3. The van der Waals surface area contributed by atoms with Crippen LogP contribution in [0.1, 0.15) is 72.4 Å². The average molecular weight is 1190 g/mol. The quantitative estimate of drug-likeness (QED) is 0.0553. The normalized spacial score (nSPS) is 25.8. The number of alkyl carbamates (subject to hydrolysis) is 3. The second kappa shape index (κ2) is 27.6. The maximum absolute atomic E-state index is 13.9. The minimum absolute atomic E-state index is 0.248. The minimum Gasteiger partial charge on any atom is -0.465 e.